The molecule has 1 aromatic heterocycles. The van der Waals surface area contributed by atoms with Crippen molar-refractivity contribution in [1.29, 1.82) is 0 Å². The molecule has 0 saturated heterocycles. The van der Waals surface area contributed by atoms with E-state index >= 15 is 0 Å². The lowest BCUT2D eigenvalue weighted by molar-refractivity contribution is 0.283. The van der Waals surface area contributed by atoms with Crippen LogP contribution >= 0.6 is 7.82 Å². The highest BCUT2D eigenvalue weighted by atomic mass is 31.2. The third-order valence-electron chi connectivity index (χ3n) is 1.77. The lowest BCUT2D eigenvalue weighted by Crippen LogP contribution is -1.90. The molecule has 84 valence electrons. The zero-order valence-electron chi connectivity index (χ0n) is 7.94. The summed E-state index contributed by atoms with van der Waals surface area (Å²) in [6.07, 6.45) is 1.57. The van der Waals surface area contributed by atoms with Gasteiger partial charge in [-0.1, -0.05) is 17.3 Å². The fourth-order valence-corrected chi connectivity index (χ4v) is 1.58. The molecule has 0 spiro atoms. The van der Waals surface area contributed by atoms with Gasteiger partial charge in [0.05, 0.1) is 0 Å². The molecular formula is C8H8N3O4P. The summed E-state index contributed by atoms with van der Waals surface area (Å²) in [5.41, 5.74) is 1.22. The molecule has 1 heterocycles. The minimum Gasteiger partial charge on any atom is -0.404 e. The maximum Gasteiger partial charge on any atom is 0.524 e. The molecule has 0 aliphatic heterocycles. The number of aromatic amines is 1. The number of H-pyrrole nitrogens is 1. The number of benzene rings is 1. The zero-order chi connectivity index (χ0) is 11.6. The van der Waals surface area contributed by atoms with E-state index in [0.717, 1.165) is 0 Å². The van der Waals surface area contributed by atoms with E-state index in [2.05, 4.69) is 19.9 Å². The summed E-state index contributed by atoms with van der Waals surface area (Å²) in [6.45, 7) is 0. The van der Waals surface area contributed by atoms with Crippen molar-refractivity contribution in [3.8, 4) is 17.0 Å². The quantitative estimate of drug-likeness (QED) is 0.690. The summed E-state index contributed by atoms with van der Waals surface area (Å²) < 4.78 is 15.1. The number of nitrogens with one attached hydrogen (secondary N) is 1. The number of hydrogen-bond donors (Lipinski definition) is 3. The first kappa shape index (κ1) is 10.8. The number of nitrogens with zero attached hydrogens (tertiary/aromatic N) is 2. The molecule has 2 rings (SSSR count). The van der Waals surface area contributed by atoms with Gasteiger partial charge in [0.1, 0.15) is 11.4 Å². The molecule has 8 heteroatoms. The van der Waals surface area contributed by atoms with E-state index in [9.17, 15) is 4.57 Å². The average Bonchev–Trinajstić information content (AvgIpc) is 2.68. The van der Waals surface area contributed by atoms with Crippen molar-refractivity contribution in [2.75, 3.05) is 0 Å². The van der Waals surface area contributed by atoms with E-state index in [0.29, 0.717) is 11.3 Å². The van der Waals surface area contributed by atoms with E-state index in [1.165, 1.54) is 12.1 Å². The average molecular weight is 241 g/mol. The standard InChI is InChI=1S/C8H8N3O4P/c12-16(13,14)15-7-3-1-2-6(4-7)8-5-9-11-10-8/h1-5H,(H,9,10,11)(H2,12,13,14). The first-order valence-electron chi connectivity index (χ1n) is 4.27. The van der Waals surface area contributed by atoms with Gasteiger partial charge in [-0.25, -0.2) is 4.57 Å². The zero-order valence-corrected chi connectivity index (χ0v) is 8.83. The molecule has 0 aliphatic carbocycles. The van der Waals surface area contributed by atoms with Crippen molar-refractivity contribution in [2.45, 2.75) is 0 Å². The van der Waals surface area contributed by atoms with Gasteiger partial charge in [0.15, 0.2) is 0 Å². The second-order valence-corrected chi connectivity index (χ2v) is 4.13. The smallest absolute Gasteiger partial charge is 0.404 e. The van der Waals surface area contributed by atoms with Gasteiger partial charge in [0.25, 0.3) is 0 Å². The highest BCUT2D eigenvalue weighted by Crippen LogP contribution is 2.38. The van der Waals surface area contributed by atoms with Crippen molar-refractivity contribution in [2.24, 2.45) is 0 Å². The van der Waals surface area contributed by atoms with Gasteiger partial charge in [-0.3, -0.25) is 14.9 Å². The minimum atomic E-state index is -4.53. The van der Waals surface area contributed by atoms with Crippen molar-refractivity contribution < 1.29 is 18.9 Å². The third kappa shape index (κ3) is 2.66. The van der Waals surface area contributed by atoms with Crippen molar-refractivity contribution in [1.82, 2.24) is 15.4 Å². The molecule has 0 fully saturated rings. The number of hydrogen-bond acceptors (Lipinski definition) is 4. The Balaban J connectivity index is 2.30. The van der Waals surface area contributed by atoms with Crippen LogP contribution in [0.5, 0.6) is 5.75 Å². The first-order chi connectivity index (χ1) is 7.54. The van der Waals surface area contributed by atoms with Crippen LogP contribution in [-0.4, -0.2) is 25.2 Å². The number of aromatic nitrogens is 3. The molecule has 2 aromatic rings. The van der Waals surface area contributed by atoms with Crippen LogP contribution in [0.3, 0.4) is 0 Å². The highest BCUT2D eigenvalue weighted by Gasteiger charge is 2.16. The summed E-state index contributed by atoms with van der Waals surface area (Å²) in [7, 11) is -4.53. The predicted octanol–water partition coefficient (Wildman–Crippen LogP) is 0.943. The molecule has 0 saturated carbocycles. The van der Waals surface area contributed by atoms with Crippen LogP contribution in [0.25, 0.3) is 11.3 Å². The summed E-state index contributed by atoms with van der Waals surface area (Å²) in [5, 5.41) is 9.84. The van der Waals surface area contributed by atoms with E-state index < -0.39 is 7.82 Å². The Labute approximate surface area is 90.3 Å². The lowest BCUT2D eigenvalue weighted by Gasteiger charge is -2.06. The van der Waals surface area contributed by atoms with Gasteiger partial charge in [-0.15, -0.1) is 5.10 Å². The summed E-state index contributed by atoms with van der Waals surface area (Å²) in [5.74, 6) is 0.0776. The summed E-state index contributed by atoms with van der Waals surface area (Å²) in [6, 6.07) is 6.25. The molecule has 16 heavy (non-hydrogen) atoms. The lowest BCUT2D eigenvalue weighted by atomic mass is 10.2. The number of phosphoric ester groups is 1. The first-order valence-corrected chi connectivity index (χ1v) is 5.80. The molecule has 0 bridgehead atoms. The van der Waals surface area contributed by atoms with Crippen LogP contribution in [0.15, 0.2) is 30.5 Å². The summed E-state index contributed by atoms with van der Waals surface area (Å²) >= 11 is 0. The Kier molecular flexibility index (Phi) is 2.74. The second-order valence-electron chi connectivity index (χ2n) is 2.97. The fraction of sp³-hybridized carbons (Fsp3) is 0. The van der Waals surface area contributed by atoms with E-state index in [4.69, 9.17) is 9.79 Å². The van der Waals surface area contributed by atoms with Crippen LogP contribution in [0.4, 0.5) is 0 Å². The van der Waals surface area contributed by atoms with Crippen molar-refractivity contribution in [3.05, 3.63) is 30.5 Å². The molecular weight excluding hydrogens is 233 g/mol. The topological polar surface area (TPSA) is 108 Å². The third-order valence-corrected chi connectivity index (χ3v) is 2.22. The van der Waals surface area contributed by atoms with E-state index in [1.54, 1.807) is 18.3 Å². The maximum atomic E-state index is 10.6. The molecule has 1 aromatic carbocycles. The van der Waals surface area contributed by atoms with Gasteiger partial charge < -0.3 is 4.52 Å². The molecule has 0 radical (unpaired) electrons. The number of phosphoric acid groups is 1. The Morgan fingerprint density at radius 1 is 1.38 bits per heavy atom. The van der Waals surface area contributed by atoms with Crippen LogP contribution in [-0.2, 0) is 4.57 Å². The van der Waals surface area contributed by atoms with Crippen LogP contribution < -0.4 is 4.52 Å². The summed E-state index contributed by atoms with van der Waals surface area (Å²) in [4.78, 5) is 17.3. The molecule has 3 N–H and O–H groups in total. The number of rotatable bonds is 3. The Bertz CT molecular complexity index is 522. The normalized spacial score (nSPS) is 11.4. The predicted molar refractivity (Wildman–Crippen MR) is 54.5 cm³/mol. The maximum absolute atomic E-state index is 10.6. The minimum absolute atomic E-state index is 0.0776. The highest BCUT2D eigenvalue weighted by molar-refractivity contribution is 7.46. The largest absolute Gasteiger partial charge is 0.524 e. The van der Waals surface area contributed by atoms with Gasteiger partial charge in [0, 0.05) is 11.8 Å². The second kappa shape index (κ2) is 4.05. The molecule has 0 amide bonds. The molecule has 0 unspecified atom stereocenters. The van der Waals surface area contributed by atoms with Crippen molar-refractivity contribution in [3.63, 3.8) is 0 Å². The molecule has 0 atom stereocenters. The van der Waals surface area contributed by atoms with Gasteiger partial charge in [-0.2, -0.15) is 0 Å². The molecule has 7 nitrogen and oxygen atoms in total. The molecule has 0 aliphatic rings. The van der Waals surface area contributed by atoms with Crippen LogP contribution in [0.1, 0.15) is 0 Å². The van der Waals surface area contributed by atoms with Crippen molar-refractivity contribution >= 4 is 7.82 Å². The fourth-order valence-electron chi connectivity index (χ4n) is 1.19. The van der Waals surface area contributed by atoms with E-state index in [-0.39, 0.29) is 5.75 Å². The van der Waals surface area contributed by atoms with Gasteiger partial charge in [0.2, 0.25) is 0 Å². The Morgan fingerprint density at radius 2 is 2.19 bits per heavy atom. The SMILES string of the molecule is O=P(O)(O)Oc1cccc(-c2c[nH]nn2)c1. The Morgan fingerprint density at radius 3 is 2.81 bits per heavy atom. The van der Waals surface area contributed by atoms with Crippen LogP contribution in [0.2, 0.25) is 0 Å². The van der Waals surface area contributed by atoms with Gasteiger partial charge >= 0.3 is 7.82 Å². The van der Waals surface area contributed by atoms with Crippen LogP contribution in [0, 0.1) is 0 Å². The Hall–Kier alpha value is -1.69. The van der Waals surface area contributed by atoms with Gasteiger partial charge in [-0.05, 0) is 12.1 Å². The monoisotopic (exact) mass is 241 g/mol. The van der Waals surface area contributed by atoms with E-state index in [1.807, 2.05) is 0 Å².